The highest BCUT2D eigenvalue weighted by Gasteiger charge is 2.13. The molecule has 0 N–H and O–H groups in total. The van der Waals surface area contributed by atoms with Gasteiger partial charge < -0.3 is 10.1 Å². The summed E-state index contributed by atoms with van der Waals surface area (Å²) in [6, 6.07) is 0. The van der Waals surface area contributed by atoms with E-state index in [4.69, 9.17) is 0 Å². The molecule has 0 bridgehead atoms. The monoisotopic (exact) mass is 180 g/mol. The molecule has 0 amide bonds. The fraction of sp³-hybridized carbons (Fsp3) is 0.500. The van der Waals surface area contributed by atoms with Crippen LogP contribution in [0.1, 0.15) is 16.8 Å². The molecule has 0 aliphatic carbocycles. The highest BCUT2D eigenvalue weighted by molar-refractivity contribution is 5.57. The lowest BCUT2D eigenvalue weighted by molar-refractivity contribution is -0.612. The van der Waals surface area contributed by atoms with E-state index in [1.807, 2.05) is 39.8 Å². The maximum atomic E-state index is 11.3. The van der Waals surface area contributed by atoms with E-state index >= 15 is 0 Å². The van der Waals surface area contributed by atoms with Crippen molar-refractivity contribution in [2.75, 3.05) is 19.0 Å². The van der Waals surface area contributed by atoms with E-state index < -0.39 is 0 Å². The maximum absolute atomic E-state index is 11.3. The Balaban J connectivity index is 3.44. The molecule has 0 saturated carbocycles. The van der Waals surface area contributed by atoms with Crippen molar-refractivity contribution in [1.29, 1.82) is 0 Å². The summed E-state index contributed by atoms with van der Waals surface area (Å²) in [7, 11) is 3.98. The number of hydrogen-bond acceptors (Lipinski definition) is 2. The van der Waals surface area contributed by atoms with Crippen LogP contribution in [0.5, 0.6) is 0 Å². The molecule has 0 unspecified atom stereocenters. The standard InChI is InChI=1S/C10H16N2O/c1-7-6-12(13)9(3)8(2)10(7)11(4)5/h6H,1-5H3. The molecular weight excluding hydrogens is 164 g/mol. The van der Waals surface area contributed by atoms with E-state index in [-0.39, 0.29) is 0 Å². The third kappa shape index (κ3) is 1.59. The van der Waals surface area contributed by atoms with E-state index in [2.05, 4.69) is 0 Å². The van der Waals surface area contributed by atoms with Gasteiger partial charge >= 0.3 is 0 Å². The van der Waals surface area contributed by atoms with Crippen molar-refractivity contribution in [2.24, 2.45) is 0 Å². The van der Waals surface area contributed by atoms with Crippen molar-refractivity contribution in [3.05, 3.63) is 28.2 Å². The molecule has 72 valence electrons. The lowest BCUT2D eigenvalue weighted by atomic mass is 10.1. The minimum absolute atomic E-state index is 0.773. The van der Waals surface area contributed by atoms with E-state index in [9.17, 15) is 5.21 Å². The Morgan fingerprint density at radius 3 is 2.23 bits per heavy atom. The van der Waals surface area contributed by atoms with Crippen molar-refractivity contribution in [1.82, 2.24) is 0 Å². The van der Waals surface area contributed by atoms with Gasteiger partial charge in [-0.05, 0) is 13.8 Å². The van der Waals surface area contributed by atoms with E-state index in [1.54, 1.807) is 6.20 Å². The highest BCUT2D eigenvalue weighted by atomic mass is 16.5. The zero-order valence-corrected chi connectivity index (χ0v) is 8.88. The van der Waals surface area contributed by atoms with Crippen LogP contribution in [-0.4, -0.2) is 14.1 Å². The van der Waals surface area contributed by atoms with Crippen molar-refractivity contribution >= 4 is 5.69 Å². The molecule has 1 aromatic heterocycles. The van der Waals surface area contributed by atoms with Crippen LogP contribution in [-0.2, 0) is 0 Å². The first kappa shape index (κ1) is 9.84. The number of pyridine rings is 1. The van der Waals surface area contributed by atoms with Crippen molar-refractivity contribution < 1.29 is 4.73 Å². The minimum Gasteiger partial charge on any atom is -0.618 e. The van der Waals surface area contributed by atoms with Crippen LogP contribution in [0.25, 0.3) is 0 Å². The number of aryl methyl sites for hydroxylation is 1. The molecule has 0 radical (unpaired) electrons. The number of rotatable bonds is 1. The molecule has 1 rings (SSSR count). The van der Waals surface area contributed by atoms with Crippen LogP contribution in [0.2, 0.25) is 0 Å². The molecule has 0 saturated heterocycles. The molecule has 0 atom stereocenters. The molecule has 0 fully saturated rings. The molecule has 13 heavy (non-hydrogen) atoms. The van der Waals surface area contributed by atoms with Crippen molar-refractivity contribution in [3.63, 3.8) is 0 Å². The molecule has 0 aliphatic rings. The van der Waals surface area contributed by atoms with Crippen LogP contribution in [0.15, 0.2) is 6.20 Å². The Morgan fingerprint density at radius 2 is 1.77 bits per heavy atom. The van der Waals surface area contributed by atoms with Gasteiger partial charge in [-0.2, -0.15) is 4.73 Å². The Bertz CT molecular complexity index is 332. The van der Waals surface area contributed by atoms with Gasteiger partial charge in [-0.25, -0.2) is 0 Å². The number of hydrogen-bond donors (Lipinski definition) is 0. The lowest BCUT2D eigenvalue weighted by Crippen LogP contribution is -2.32. The van der Waals surface area contributed by atoms with Crippen molar-refractivity contribution in [3.8, 4) is 0 Å². The first-order valence-corrected chi connectivity index (χ1v) is 4.32. The molecule has 0 aromatic carbocycles. The SMILES string of the molecule is Cc1c[n+]([O-])c(C)c(C)c1N(C)C. The van der Waals surface area contributed by atoms with Crippen molar-refractivity contribution in [2.45, 2.75) is 20.8 Å². The predicted octanol–water partition coefficient (Wildman–Crippen LogP) is 1.31. The van der Waals surface area contributed by atoms with Gasteiger partial charge in [0.1, 0.15) is 0 Å². The van der Waals surface area contributed by atoms with Gasteiger partial charge in [0.05, 0.1) is 5.69 Å². The lowest BCUT2D eigenvalue weighted by Gasteiger charge is -2.19. The van der Waals surface area contributed by atoms with Crippen LogP contribution >= 0.6 is 0 Å². The summed E-state index contributed by atoms with van der Waals surface area (Å²) >= 11 is 0. The molecule has 1 aromatic rings. The van der Waals surface area contributed by atoms with E-state index in [1.165, 1.54) is 0 Å². The molecule has 3 nitrogen and oxygen atoms in total. The quantitative estimate of drug-likeness (QED) is 0.482. The first-order valence-electron chi connectivity index (χ1n) is 4.32. The van der Waals surface area contributed by atoms with Crippen LogP contribution in [0.4, 0.5) is 5.69 Å². The maximum Gasteiger partial charge on any atom is 0.194 e. The Hall–Kier alpha value is -1.25. The third-order valence-electron chi connectivity index (χ3n) is 2.36. The third-order valence-corrected chi connectivity index (χ3v) is 2.36. The Kier molecular flexibility index (Phi) is 2.45. The molecule has 0 aliphatic heterocycles. The summed E-state index contributed by atoms with van der Waals surface area (Å²) in [6.45, 7) is 5.77. The first-order chi connectivity index (χ1) is 5.95. The Morgan fingerprint density at radius 1 is 1.23 bits per heavy atom. The smallest absolute Gasteiger partial charge is 0.194 e. The Labute approximate surface area is 79.2 Å². The van der Waals surface area contributed by atoms with E-state index in [0.29, 0.717) is 0 Å². The molecule has 1 heterocycles. The number of anilines is 1. The van der Waals surface area contributed by atoms with Gasteiger partial charge in [0, 0.05) is 32.1 Å². The summed E-state index contributed by atoms with van der Waals surface area (Å²) < 4.78 is 0.928. The van der Waals surface area contributed by atoms with E-state index in [0.717, 1.165) is 27.2 Å². The summed E-state index contributed by atoms with van der Waals surface area (Å²) in [5.74, 6) is 0. The minimum atomic E-state index is 0.773. The zero-order valence-electron chi connectivity index (χ0n) is 8.88. The van der Waals surface area contributed by atoms with Gasteiger partial charge in [0.2, 0.25) is 0 Å². The predicted molar refractivity (Wildman–Crippen MR) is 53.9 cm³/mol. The topological polar surface area (TPSA) is 30.2 Å². The van der Waals surface area contributed by atoms with Crippen LogP contribution in [0, 0.1) is 26.0 Å². The summed E-state index contributed by atoms with van der Waals surface area (Å²) in [5, 5.41) is 11.3. The summed E-state index contributed by atoms with van der Waals surface area (Å²) in [6.07, 6.45) is 1.62. The highest BCUT2D eigenvalue weighted by Crippen LogP contribution is 2.22. The fourth-order valence-corrected chi connectivity index (χ4v) is 1.65. The van der Waals surface area contributed by atoms with Gasteiger partial charge in [-0.15, -0.1) is 0 Å². The number of aromatic nitrogens is 1. The fourth-order valence-electron chi connectivity index (χ4n) is 1.65. The zero-order chi connectivity index (χ0) is 10.2. The molecular formula is C10H16N2O. The second-order valence-electron chi connectivity index (χ2n) is 3.59. The van der Waals surface area contributed by atoms with Crippen LogP contribution in [0.3, 0.4) is 0 Å². The normalized spacial score (nSPS) is 10.2. The summed E-state index contributed by atoms with van der Waals surface area (Å²) in [4.78, 5) is 2.04. The van der Waals surface area contributed by atoms with Gasteiger partial charge in [0.15, 0.2) is 11.9 Å². The van der Waals surface area contributed by atoms with Crippen LogP contribution < -0.4 is 9.63 Å². The molecule has 0 spiro atoms. The second-order valence-corrected chi connectivity index (χ2v) is 3.59. The molecule has 3 heteroatoms. The second kappa shape index (κ2) is 3.24. The average molecular weight is 180 g/mol. The number of nitrogens with zero attached hydrogens (tertiary/aromatic N) is 2. The van der Waals surface area contributed by atoms with Gasteiger partial charge in [-0.1, -0.05) is 0 Å². The van der Waals surface area contributed by atoms with Gasteiger partial charge in [-0.3, -0.25) is 0 Å². The summed E-state index contributed by atoms with van der Waals surface area (Å²) in [5.41, 5.74) is 3.99. The average Bonchev–Trinajstić information content (AvgIpc) is 1.99. The van der Waals surface area contributed by atoms with Gasteiger partial charge in [0.25, 0.3) is 0 Å². The largest absolute Gasteiger partial charge is 0.618 e.